The molecule has 0 amide bonds. The molecule has 3 rings (SSSR count). The minimum atomic E-state index is -4.03. The van der Waals surface area contributed by atoms with Gasteiger partial charge in [-0.1, -0.05) is 42.5 Å². The first-order chi connectivity index (χ1) is 11.9. The number of anilines is 1. The SMILES string of the molecule is Cc1nn(Cc2ccccc2)c(C)c1NS(=O)(=O)c1ccccc1F. The molecule has 25 heavy (non-hydrogen) atoms. The van der Waals surface area contributed by atoms with Crippen molar-refractivity contribution in [2.24, 2.45) is 0 Å². The minimum absolute atomic E-state index is 0.374. The molecule has 0 aliphatic carbocycles. The largest absolute Gasteiger partial charge is 0.276 e. The Bertz CT molecular complexity index is 998. The van der Waals surface area contributed by atoms with Crippen LogP contribution in [0.2, 0.25) is 0 Å². The summed E-state index contributed by atoms with van der Waals surface area (Å²) in [6.07, 6.45) is 0. The number of aromatic nitrogens is 2. The van der Waals surface area contributed by atoms with Crippen molar-refractivity contribution in [1.82, 2.24) is 9.78 Å². The van der Waals surface area contributed by atoms with Gasteiger partial charge in [0.1, 0.15) is 10.7 Å². The molecule has 0 aliphatic heterocycles. The van der Waals surface area contributed by atoms with E-state index < -0.39 is 15.8 Å². The lowest BCUT2D eigenvalue weighted by atomic mass is 10.2. The molecule has 0 aliphatic rings. The molecule has 0 saturated carbocycles. The van der Waals surface area contributed by atoms with Crippen LogP contribution in [-0.4, -0.2) is 18.2 Å². The number of nitrogens with one attached hydrogen (secondary N) is 1. The van der Waals surface area contributed by atoms with Gasteiger partial charge in [-0.2, -0.15) is 5.10 Å². The van der Waals surface area contributed by atoms with Gasteiger partial charge in [-0.25, -0.2) is 12.8 Å². The zero-order chi connectivity index (χ0) is 18.0. The van der Waals surface area contributed by atoms with Crippen LogP contribution in [0.15, 0.2) is 59.5 Å². The molecule has 0 saturated heterocycles. The first-order valence-corrected chi connectivity index (χ1v) is 9.22. The molecule has 0 unspecified atom stereocenters. The van der Waals surface area contributed by atoms with E-state index in [0.29, 0.717) is 23.6 Å². The van der Waals surface area contributed by atoms with Crippen molar-refractivity contribution in [2.45, 2.75) is 25.3 Å². The fraction of sp³-hybridized carbons (Fsp3) is 0.167. The molecule has 0 radical (unpaired) electrons. The van der Waals surface area contributed by atoms with Gasteiger partial charge in [0.2, 0.25) is 0 Å². The van der Waals surface area contributed by atoms with Crippen molar-refractivity contribution in [3.05, 3.63) is 77.4 Å². The lowest BCUT2D eigenvalue weighted by Crippen LogP contribution is -2.15. The normalized spacial score (nSPS) is 11.5. The summed E-state index contributed by atoms with van der Waals surface area (Å²) in [5, 5.41) is 4.40. The Morgan fingerprint density at radius 3 is 2.36 bits per heavy atom. The highest BCUT2D eigenvalue weighted by atomic mass is 32.2. The smallest absolute Gasteiger partial charge is 0.264 e. The molecule has 0 fully saturated rings. The highest BCUT2D eigenvalue weighted by Gasteiger charge is 2.22. The topological polar surface area (TPSA) is 64.0 Å². The van der Waals surface area contributed by atoms with Gasteiger partial charge >= 0.3 is 0 Å². The van der Waals surface area contributed by atoms with E-state index in [0.717, 1.165) is 11.6 Å². The fourth-order valence-corrected chi connectivity index (χ4v) is 3.86. The van der Waals surface area contributed by atoms with Crippen molar-refractivity contribution in [2.75, 3.05) is 4.72 Å². The second kappa shape index (κ2) is 6.68. The van der Waals surface area contributed by atoms with Gasteiger partial charge in [-0.15, -0.1) is 0 Å². The Labute approximate surface area is 146 Å². The molecule has 0 spiro atoms. The van der Waals surface area contributed by atoms with Gasteiger partial charge in [0.05, 0.1) is 23.6 Å². The van der Waals surface area contributed by atoms with Gasteiger partial charge in [0.25, 0.3) is 10.0 Å². The summed E-state index contributed by atoms with van der Waals surface area (Å²) in [6, 6.07) is 15.0. The van der Waals surface area contributed by atoms with E-state index >= 15 is 0 Å². The monoisotopic (exact) mass is 359 g/mol. The van der Waals surface area contributed by atoms with E-state index in [2.05, 4.69) is 9.82 Å². The summed E-state index contributed by atoms with van der Waals surface area (Å²) in [5.74, 6) is -0.790. The summed E-state index contributed by atoms with van der Waals surface area (Å²) in [6.45, 7) is 4.02. The third-order valence-electron chi connectivity index (χ3n) is 3.92. The molecule has 130 valence electrons. The second-order valence-electron chi connectivity index (χ2n) is 5.72. The van der Waals surface area contributed by atoms with Crippen LogP contribution in [0, 0.1) is 19.7 Å². The molecule has 3 aromatic rings. The molecule has 1 heterocycles. The standard InChI is InChI=1S/C18H18FN3O2S/c1-13-18(21-25(23,24)17-11-7-6-10-16(17)19)14(2)22(20-13)12-15-8-4-3-5-9-15/h3-11,21H,12H2,1-2H3. The van der Waals surface area contributed by atoms with Crippen LogP contribution >= 0.6 is 0 Å². The number of sulfonamides is 1. The van der Waals surface area contributed by atoms with Crippen LogP contribution in [0.5, 0.6) is 0 Å². The zero-order valence-corrected chi connectivity index (χ0v) is 14.7. The Morgan fingerprint density at radius 1 is 1.04 bits per heavy atom. The maximum atomic E-state index is 13.8. The lowest BCUT2D eigenvalue weighted by molar-refractivity contribution is 0.570. The third kappa shape index (κ3) is 3.56. The molecule has 1 N–H and O–H groups in total. The van der Waals surface area contributed by atoms with E-state index in [-0.39, 0.29) is 4.90 Å². The van der Waals surface area contributed by atoms with Gasteiger partial charge in [0, 0.05) is 0 Å². The van der Waals surface area contributed by atoms with Crippen molar-refractivity contribution >= 4 is 15.7 Å². The first-order valence-electron chi connectivity index (χ1n) is 7.74. The summed E-state index contributed by atoms with van der Waals surface area (Å²) in [4.78, 5) is -0.385. The lowest BCUT2D eigenvalue weighted by Gasteiger charge is -2.10. The maximum Gasteiger partial charge on any atom is 0.264 e. The Balaban J connectivity index is 1.92. The van der Waals surface area contributed by atoms with Crippen molar-refractivity contribution in [3.8, 4) is 0 Å². The molecule has 0 atom stereocenters. The first kappa shape index (κ1) is 17.2. The Morgan fingerprint density at radius 2 is 1.68 bits per heavy atom. The second-order valence-corrected chi connectivity index (χ2v) is 7.38. The fourth-order valence-electron chi connectivity index (χ4n) is 2.61. The third-order valence-corrected chi connectivity index (χ3v) is 5.30. The number of benzene rings is 2. The van der Waals surface area contributed by atoms with E-state index in [9.17, 15) is 12.8 Å². The van der Waals surface area contributed by atoms with Gasteiger partial charge in [-0.05, 0) is 31.5 Å². The number of halogens is 1. The predicted octanol–water partition coefficient (Wildman–Crippen LogP) is 3.49. The van der Waals surface area contributed by atoms with Gasteiger partial charge in [0.15, 0.2) is 0 Å². The van der Waals surface area contributed by atoms with Crippen LogP contribution in [0.4, 0.5) is 10.1 Å². The van der Waals surface area contributed by atoms with E-state index in [1.807, 2.05) is 30.3 Å². The van der Waals surface area contributed by atoms with Crippen LogP contribution in [-0.2, 0) is 16.6 Å². The van der Waals surface area contributed by atoms with E-state index in [1.165, 1.54) is 18.2 Å². The highest BCUT2D eigenvalue weighted by Crippen LogP contribution is 2.25. The highest BCUT2D eigenvalue weighted by molar-refractivity contribution is 7.92. The summed E-state index contributed by atoms with van der Waals surface area (Å²) >= 11 is 0. The van der Waals surface area contributed by atoms with Crippen LogP contribution in [0.3, 0.4) is 0 Å². The number of rotatable bonds is 5. The number of hydrogen-bond acceptors (Lipinski definition) is 3. The quantitative estimate of drug-likeness (QED) is 0.758. The number of aryl methyl sites for hydroxylation is 1. The maximum absolute atomic E-state index is 13.8. The van der Waals surface area contributed by atoms with Gasteiger partial charge < -0.3 is 0 Å². The predicted molar refractivity (Wildman–Crippen MR) is 94.5 cm³/mol. The average Bonchev–Trinajstić information content (AvgIpc) is 2.83. The Hall–Kier alpha value is -2.67. The Kier molecular flexibility index (Phi) is 4.59. The summed E-state index contributed by atoms with van der Waals surface area (Å²) in [5.41, 5.74) is 2.63. The summed E-state index contributed by atoms with van der Waals surface area (Å²) in [7, 11) is -4.03. The van der Waals surface area contributed by atoms with Crippen molar-refractivity contribution < 1.29 is 12.8 Å². The van der Waals surface area contributed by atoms with E-state index in [4.69, 9.17) is 0 Å². The zero-order valence-electron chi connectivity index (χ0n) is 13.9. The average molecular weight is 359 g/mol. The molecular weight excluding hydrogens is 341 g/mol. The molecule has 5 nitrogen and oxygen atoms in total. The summed E-state index contributed by atoms with van der Waals surface area (Å²) < 4.78 is 43.0. The van der Waals surface area contributed by atoms with E-state index in [1.54, 1.807) is 18.5 Å². The molecule has 2 aromatic carbocycles. The number of hydrogen-bond donors (Lipinski definition) is 1. The minimum Gasteiger partial charge on any atom is -0.276 e. The van der Waals surface area contributed by atoms with Crippen LogP contribution in [0.25, 0.3) is 0 Å². The molecular formula is C18H18FN3O2S. The molecule has 0 bridgehead atoms. The number of nitrogens with zero attached hydrogens (tertiary/aromatic N) is 2. The molecule has 1 aromatic heterocycles. The van der Waals surface area contributed by atoms with Crippen LogP contribution < -0.4 is 4.72 Å². The van der Waals surface area contributed by atoms with Crippen LogP contribution in [0.1, 0.15) is 17.0 Å². The molecule has 7 heteroatoms. The van der Waals surface area contributed by atoms with Crippen molar-refractivity contribution in [1.29, 1.82) is 0 Å². The van der Waals surface area contributed by atoms with Gasteiger partial charge in [-0.3, -0.25) is 9.40 Å². The van der Waals surface area contributed by atoms with Crippen molar-refractivity contribution in [3.63, 3.8) is 0 Å².